The van der Waals surface area contributed by atoms with Gasteiger partial charge >= 0.3 is 0 Å². The van der Waals surface area contributed by atoms with Crippen molar-refractivity contribution in [2.45, 2.75) is 82.9 Å². The Morgan fingerprint density at radius 2 is 1.79 bits per heavy atom. The molecule has 1 aliphatic carbocycles. The predicted molar refractivity (Wildman–Crippen MR) is 100 cm³/mol. The minimum absolute atomic E-state index is 0.109. The number of carbonyl (C=O) groups is 1. The first-order valence-electron chi connectivity index (χ1n) is 9.47. The molecule has 1 heterocycles. The van der Waals surface area contributed by atoms with Gasteiger partial charge in [0.05, 0.1) is 18.3 Å². The van der Waals surface area contributed by atoms with Gasteiger partial charge in [0.25, 0.3) is 0 Å². The number of allylic oxidation sites excluding steroid dienone is 3. The van der Waals surface area contributed by atoms with Crippen LogP contribution in [0.15, 0.2) is 23.8 Å². The van der Waals surface area contributed by atoms with Crippen LogP contribution in [-0.4, -0.2) is 80.3 Å². The molecule has 0 unspecified atom stereocenters. The molecule has 0 spiro atoms. The fourth-order valence-electron chi connectivity index (χ4n) is 4.26. The van der Waals surface area contributed by atoms with E-state index in [-0.39, 0.29) is 12.2 Å². The first kappa shape index (κ1) is 23.2. The van der Waals surface area contributed by atoms with Crippen LogP contribution in [0.5, 0.6) is 0 Å². The van der Waals surface area contributed by atoms with E-state index in [1.165, 1.54) is 13.0 Å². The van der Waals surface area contributed by atoms with Crippen LogP contribution in [0.2, 0.25) is 0 Å². The standard InChI is InChI=1S/C20H32O8/c1-11(22)6-5-7-14-19(2,3)8-12(23)9-20(14,4)28-18-17(26)16(25)15(24)13(10-21)27-18/h5-7,12-13,15-18,21,23-26H,8-10H2,1-4H3/b6-5+,14-7-/t12-,13+,15+,16-,17+,18-,20+/m0/s1. The lowest BCUT2D eigenvalue weighted by Gasteiger charge is -2.50. The Morgan fingerprint density at radius 1 is 1.14 bits per heavy atom. The lowest BCUT2D eigenvalue weighted by atomic mass is 9.64. The molecule has 1 saturated heterocycles. The van der Waals surface area contributed by atoms with Crippen molar-refractivity contribution in [3.05, 3.63) is 23.8 Å². The molecule has 1 aliphatic heterocycles. The van der Waals surface area contributed by atoms with Gasteiger partial charge in [-0.05, 0) is 37.3 Å². The van der Waals surface area contributed by atoms with Gasteiger partial charge in [-0.2, -0.15) is 0 Å². The number of hydrogen-bond donors (Lipinski definition) is 5. The number of ether oxygens (including phenoxy) is 2. The number of hydrogen-bond acceptors (Lipinski definition) is 8. The van der Waals surface area contributed by atoms with Gasteiger partial charge in [-0.15, -0.1) is 0 Å². The molecule has 8 nitrogen and oxygen atoms in total. The summed E-state index contributed by atoms with van der Waals surface area (Å²) in [6, 6.07) is 0. The first-order chi connectivity index (χ1) is 12.9. The molecular formula is C20H32O8. The Labute approximate surface area is 165 Å². The Balaban J connectivity index is 2.36. The molecule has 28 heavy (non-hydrogen) atoms. The molecule has 0 aromatic rings. The number of rotatable bonds is 5. The second-order valence-corrected chi connectivity index (χ2v) is 8.54. The van der Waals surface area contributed by atoms with Crippen molar-refractivity contribution < 1.29 is 39.8 Å². The number of carbonyl (C=O) groups excluding carboxylic acids is 1. The van der Waals surface area contributed by atoms with Crippen LogP contribution < -0.4 is 0 Å². The van der Waals surface area contributed by atoms with Crippen LogP contribution in [0.25, 0.3) is 0 Å². The van der Waals surface area contributed by atoms with Crippen molar-refractivity contribution in [3.63, 3.8) is 0 Å². The summed E-state index contributed by atoms with van der Waals surface area (Å²) < 4.78 is 11.5. The van der Waals surface area contributed by atoms with Crippen LogP contribution in [0, 0.1) is 5.41 Å². The number of aliphatic hydroxyl groups excluding tert-OH is 5. The zero-order valence-corrected chi connectivity index (χ0v) is 16.8. The second kappa shape index (κ2) is 8.71. The summed E-state index contributed by atoms with van der Waals surface area (Å²) in [6.07, 6.45) is -2.14. The summed E-state index contributed by atoms with van der Waals surface area (Å²) in [6.45, 7) is 6.51. The van der Waals surface area contributed by atoms with E-state index in [0.717, 1.165) is 5.57 Å². The van der Waals surface area contributed by atoms with Gasteiger partial charge in [-0.3, -0.25) is 4.79 Å². The number of ketones is 1. The van der Waals surface area contributed by atoms with Crippen LogP contribution in [0.4, 0.5) is 0 Å². The highest BCUT2D eigenvalue weighted by molar-refractivity contribution is 5.87. The quantitative estimate of drug-likeness (QED) is 0.401. The van der Waals surface area contributed by atoms with E-state index in [9.17, 15) is 30.3 Å². The average molecular weight is 400 g/mol. The Kier molecular flexibility index (Phi) is 7.20. The van der Waals surface area contributed by atoms with Crippen molar-refractivity contribution in [1.82, 2.24) is 0 Å². The molecule has 0 amide bonds. The van der Waals surface area contributed by atoms with E-state index in [1.807, 2.05) is 13.8 Å². The summed E-state index contributed by atoms with van der Waals surface area (Å²) in [7, 11) is 0. The lowest BCUT2D eigenvalue weighted by molar-refractivity contribution is -0.325. The third-order valence-corrected chi connectivity index (χ3v) is 5.49. The molecule has 0 aromatic heterocycles. The summed E-state index contributed by atoms with van der Waals surface area (Å²) in [5, 5.41) is 50.0. The SMILES string of the molecule is CC(=O)/C=C/C=C1/C(C)(C)C[C@H](O)C[C@@]1(C)O[C@@H]1O[C@H](CO)[C@@H](O)[C@H](O)[C@H]1O. The maximum atomic E-state index is 11.2. The van der Waals surface area contributed by atoms with E-state index in [0.29, 0.717) is 6.42 Å². The van der Waals surface area contributed by atoms with Crippen LogP contribution >= 0.6 is 0 Å². The largest absolute Gasteiger partial charge is 0.394 e. The van der Waals surface area contributed by atoms with Gasteiger partial charge in [0.1, 0.15) is 24.4 Å². The van der Waals surface area contributed by atoms with Crippen LogP contribution in [0.1, 0.15) is 40.5 Å². The fourth-order valence-corrected chi connectivity index (χ4v) is 4.26. The summed E-state index contributed by atoms with van der Waals surface area (Å²) in [5.41, 5.74) is -0.753. The van der Waals surface area contributed by atoms with Gasteiger partial charge in [0.15, 0.2) is 12.1 Å². The molecular weight excluding hydrogens is 368 g/mol. The van der Waals surface area contributed by atoms with E-state index in [4.69, 9.17) is 9.47 Å². The van der Waals surface area contributed by atoms with Gasteiger partial charge in [0.2, 0.25) is 0 Å². The minimum Gasteiger partial charge on any atom is -0.394 e. The zero-order chi connectivity index (χ0) is 21.3. The van der Waals surface area contributed by atoms with Gasteiger partial charge in [-0.1, -0.05) is 26.0 Å². The van der Waals surface area contributed by atoms with E-state index in [2.05, 4.69) is 0 Å². The van der Waals surface area contributed by atoms with E-state index >= 15 is 0 Å². The number of aliphatic hydroxyl groups is 5. The molecule has 8 heteroatoms. The van der Waals surface area contributed by atoms with Gasteiger partial charge < -0.3 is 35.0 Å². The summed E-state index contributed by atoms with van der Waals surface area (Å²) in [4.78, 5) is 11.2. The third kappa shape index (κ3) is 4.88. The van der Waals surface area contributed by atoms with Crippen molar-refractivity contribution >= 4 is 5.78 Å². The smallest absolute Gasteiger partial charge is 0.187 e. The molecule has 2 fully saturated rings. The highest BCUT2D eigenvalue weighted by Gasteiger charge is 2.51. The Hall–Kier alpha value is -1.13. The maximum absolute atomic E-state index is 11.2. The van der Waals surface area contributed by atoms with E-state index < -0.39 is 54.4 Å². The molecule has 1 saturated carbocycles. The lowest BCUT2D eigenvalue weighted by Crippen LogP contribution is -2.61. The minimum atomic E-state index is -1.55. The monoisotopic (exact) mass is 400 g/mol. The summed E-state index contributed by atoms with van der Waals surface area (Å²) in [5.74, 6) is -0.109. The summed E-state index contributed by atoms with van der Waals surface area (Å²) >= 11 is 0. The van der Waals surface area contributed by atoms with Gasteiger partial charge in [-0.25, -0.2) is 0 Å². The van der Waals surface area contributed by atoms with Crippen molar-refractivity contribution in [2.75, 3.05) is 6.61 Å². The van der Waals surface area contributed by atoms with Crippen LogP contribution in [0.3, 0.4) is 0 Å². The molecule has 0 aromatic carbocycles. The molecule has 2 rings (SSSR count). The molecule has 7 atom stereocenters. The van der Waals surface area contributed by atoms with Gasteiger partial charge in [0, 0.05) is 6.42 Å². The Morgan fingerprint density at radius 3 is 2.36 bits per heavy atom. The molecule has 2 aliphatic rings. The highest BCUT2D eigenvalue weighted by Crippen LogP contribution is 2.48. The zero-order valence-electron chi connectivity index (χ0n) is 16.8. The molecule has 0 bridgehead atoms. The maximum Gasteiger partial charge on any atom is 0.187 e. The van der Waals surface area contributed by atoms with Crippen molar-refractivity contribution in [3.8, 4) is 0 Å². The van der Waals surface area contributed by atoms with Crippen LogP contribution in [-0.2, 0) is 14.3 Å². The normalized spacial score (nSPS) is 42.8. The average Bonchev–Trinajstić information content (AvgIpc) is 2.57. The molecule has 5 N–H and O–H groups in total. The van der Waals surface area contributed by atoms with Crippen molar-refractivity contribution in [2.24, 2.45) is 5.41 Å². The van der Waals surface area contributed by atoms with Crippen molar-refractivity contribution in [1.29, 1.82) is 0 Å². The molecule has 160 valence electrons. The first-order valence-corrected chi connectivity index (χ1v) is 9.47. The molecule has 0 radical (unpaired) electrons. The fraction of sp³-hybridized carbons (Fsp3) is 0.750. The predicted octanol–water partition coefficient (Wildman–Crippen LogP) is -0.186. The van der Waals surface area contributed by atoms with E-state index in [1.54, 1.807) is 19.1 Å². The second-order valence-electron chi connectivity index (χ2n) is 8.54. The highest BCUT2D eigenvalue weighted by atomic mass is 16.7. The third-order valence-electron chi connectivity index (χ3n) is 5.49. The Bertz CT molecular complexity index is 626. The topological polar surface area (TPSA) is 137 Å².